The molecule has 2 rings (SSSR count). The Kier molecular flexibility index (Phi) is 4.74. The van der Waals surface area contributed by atoms with Gasteiger partial charge in [0.25, 0.3) is 0 Å². The summed E-state index contributed by atoms with van der Waals surface area (Å²) in [6.45, 7) is 4.54. The van der Waals surface area contributed by atoms with Gasteiger partial charge >= 0.3 is 0 Å². The van der Waals surface area contributed by atoms with Crippen LogP contribution in [0.1, 0.15) is 15.6 Å². The minimum absolute atomic E-state index is 0.0899. The van der Waals surface area contributed by atoms with Crippen molar-refractivity contribution >= 4 is 32.7 Å². The molecule has 1 aromatic carbocycles. The number of aryl methyl sites for hydroxylation is 2. The molecule has 0 aliphatic rings. The maximum atomic E-state index is 11.5. The van der Waals surface area contributed by atoms with Crippen LogP contribution < -0.4 is 15.4 Å². The molecule has 0 atom stereocenters. The van der Waals surface area contributed by atoms with Gasteiger partial charge in [0.1, 0.15) is 5.01 Å². The molecule has 0 saturated heterocycles. The molecule has 120 valence electrons. The molecule has 1 aromatic heterocycles. The van der Waals surface area contributed by atoms with Gasteiger partial charge in [-0.3, -0.25) is 0 Å². The van der Waals surface area contributed by atoms with Crippen molar-refractivity contribution in [3.63, 3.8) is 0 Å². The van der Waals surface area contributed by atoms with Gasteiger partial charge in [0, 0.05) is 19.0 Å². The van der Waals surface area contributed by atoms with E-state index in [1.807, 2.05) is 32.8 Å². The minimum Gasteiger partial charge on any atom is -0.377 e. The van der Waals surface area contributed by atoms with Gasteiger partial charge in [0.15, 0.2) is 0 Å². The zero-order valence-electron chi connectivity index (χ0n) is 13.0. The second-order valence-electron chi connectivity index (χ2n) is 5.22. The molecule has 0 saturated carbocycles. The first-order valence-corrected chi connectivity index (χ1v) is 9.05. The van der Waals surface area contributed by atoms with Crippen LogP contribution in [0.15, 0.2) is 23.1 Å². The van der Waals surface area contributed by atoms with Crippen molar-refractivity contribution in [3.05, 3.63) is 33.8 Å². The predicted molar refractivity (Wildman–Crippen MR) is 91.1 cm³/mol. The average Bonchev–Trinajstić information content (AvgIpc) is 2.74. The van der Waals surface area contributed by atoms with Gasteiger partial charge in [-0.05, 0) is 32.0 Å². The number of hydrogen-bond donors (Lipinski definition) is 2. The zero-order chi connectivity index (χ0) is 16.5. The van der Waals surface area contributed by atoms with Crippen LogP contribution in [0.4, 0.5) is 11.4 Å². The van der Waals surface area contributed by atoms with E-state index < -0.39 is 10.0 Å². The first-order chi connectivity index (χ1) is 10.2. The Hall–Kier alpha value is -1.64. The van der Waals surface area contributed by atoms with Gasteiger partial charge < -0.3 is 10.2 Å². The lowest BCUT2D eigenvalue weighted by atomic mass is 10.2. The van der Waals surface area contributed by atoms with Crippen molar-refractivity contribution in [2.75, 3.05) is 24.3 Å². The third-order valence-electron chi connectivity index (χ3n) is 3.28. The molecule has 8 heteroatoms. The number of nitrogens with zero attached hydrogens (tertiary/aromatic N) is 2. The van der Waals surface area contributed by atoms with Gasteiger partial charge in [-0.1, -0.05) is 0 Å². The van der Waals surface area contributed by atoms with E-state index in [0.29, 0.717) is 12.2 Å². The SMILES string of the molecule is Cc1nc(CNc2cc(S(N)(=O)=O)ccc2N(C)C)sc1C. The summed E-state index contributed by atoms with van der Waals surface area (Å²) in [5.74, 6) is 0. The average molecular weight is 340 g/mol. The number of anilines is 2. The Balaban J connectivity index is 2.31. The first-order valence-electron chi connectivity index (χ1n) is 6.69. The van der Waals surface area contributed by atoms with E-state index in [1.54, 1.807) is 23.5 Å². The molecule has 6 nitrogen and oxygen atoms in total. The van der Waals surface area contributed by atoms with Gasteiger partial charge in [0.2, 0.25) is 10.0 Å². The Bertz CT molecular complexity index is 763. The Labute approximate surface area is 135 Å². The molecule has 1 heterocycles. The quantitative estimate of drug-likeness (QED) is 0.870. The molecular formula is C14H20N4O2S2. The lowest BCUT2D eigenvalue weighted by Gasteiger charge is -2.19. The molecule has 0 unspecified atom stereocenters. The molecule has 0 spiro atoms. The number of thiazole rings is 1. The van der Waals surface area contributed by atoms with E-state index in [1.165, 1.54) is 10.9 Å². The number of sulfonamides is 1. The maximum Gasteiger partial charge on any atom is 0.238 e. The number of aromatic nitrogens is 1. The third kappa shape index (κ3) is 3.76. The van der Waals surface area contributed by atoms with Crippen molar-refractivity contribution in [1.29, 1.82) is 0 Å². The molecule has 0 bridgehead atoms. The highest BCUT2D eigenvalue weighted by Gasteiger charge is 2.13. The monoisotopic (exact) mass is 340 g/mol. The summed E-state index contributed by atoms with van der Waals surface area (Å²) in [7, 11) is 0.0704. The summed E-state index contributed by atoms with van der Waals surface area (Å²) in [6, 6.07) is 4.80. The molecule has 0 radical (unpaired) electrons. The van der Waals surface area contributed by atoms with Gasteiger partial charge in [0.05, 0.1) is 28.5 Å². The fraction of sp³-hybridized carbons (Fsp3) is 0.357. The van der Waals surface area contributed by atoms with Crippen LogP contribution >= 0.6 is 11.3 Å². The summed E-state index contributed by atoms with van der Waals surface area (Å²) in [5, 5.41) is 9.41. The molecule has 3 N–H and O–H groups in total. The number of rotatable bonds is 5. The largest absolute Gasteiger partial charge is 0.377 e. The van der Waals surface area contributed by atoms with E-state index >= 15 is 0 Å². The van der Waals surface area contributed by atoms with E-state index in [0.717, 1.165) is 16.4 Å². The maximum absolute atomic E-state index is 11.5. The van der Waals surface area contributed by atoms with E-state index in [2.05, 4.69) is 10.3 Å². The van der Waals surface area contributed by atoms with Gasteiger partial charge in [-0.15, -0.1) is 11.3 Å². The summed E-state index contributed by atoms with van der Waals surface area (Å²) in [5.41, 5.74) is 2.62. The topological polar surface area (TPSA) is 88.3 Å². The fourth-order valence-electron chi connectivity index (χ4n) is 2.01. The number of primary sulfonamides is 1. The Morgan fingerprint density at radius 3 is 2.50 bits per heavy atom. The molecular weight excluding hydrogens is 320 g/mol. The highest BCUT2D eigenvalue weighted by Crippen LogP contribution is 2.28. The van der Waals surface area contributed by atoms with Gasteiger partial charge in [-0.25, -0.2) is 18.5 Å². The van der Waals surface area contributed by atoms with Crippen molar-refractivity contribution in [2.45, 2.75) is 25.3 Å². The summed E-state index contributed by atoms with van der Waals surface area (Å²) in [6.07, 6.45) is 0. The third-order valence-corrected chi connectivity index (χ3v) is 5.27. The van der Waals surface area contributed by atoms with E-state index in [-0.39, 0.29) is 4.90 Å². The Morgan fingerprint density at radius 1 is 1.32 bits per heavy atom. The first kappa shape index (κ1) is 16.7. The van der Waals surface area contributed by atoms with E-state index in [9.17, 15) is 8.42 Å². The van der Waals surface area contributed by atoms with Crippen LogP contribution in [-0.4, -0.2) is 27.5 Å². The number of nitrogens with two attached hydrogens (primary N) is 1. The van der Waals surface area contributed by atoms with E-state index in [4.69, 9.17) is 5.14 Å². The normalized spacial score (nSPS) is 11.5. The summed E-state index contributed by atoms with van der Waals surface area (Å²) >= 11 is 1.63. The lowest BCUT2D eigenvalue weighted by molar-refractivity contribution is 0.598. The highest BCUT2D eigenvalue weighted by molar-refractivity contribution is 7.89. The van der Waals surface area contributed by atoms with Crippen LogP contribution in [0.5, 0.6) is 0 Å². The number of nitrogens with one attached hydrogen (secondary N) is 1. The molecule has 0 aliphatic heterocycles. The van der Waals surface area contributed by atoms with Crippen LogP contribution in [0.2, 0.25) is 0 Å². The molecule has 0 amide bonds. The molecule has 22 heavy (non-hydrogen) atoms. The second kappa shape index (κ2) is 6.23. The summed E-state index contributed by atoms with van der Waals surface area (Å²) in [4.78, 5) is 7.65. The number of hydrogen-bond acceptors (Lipinski definition) is 6. The lowest BCUT2D eigenvalue weighted by Crippen LogP contribution is -2.15. The smallest absolute Gasteiger partial charge is 0.238 e. The molecule has 0 fully saturated rings. The van der Waals surface area contributed by atoms with Crippen LogP contribution in [0, 0.1) is 13.8 Å². The predicted octanol–water partition coefficient (Wildman–Crippen LogP) is 2.09. The minimum atomic E-state index is -3.72. The van der Waals surface area contributed by atoms with Crippen LogP contribution in [0.25, 0.3) is 0 Å². The zero-order valence-corrected chi connectivity index (χ0v) is 14.7. The second-order valence-corrected chi connectivity index (χ2v) is 8.07. The van der Waals surface area contributed by atoms with Crippen molar-refractivity contribution in [2.24, 2.45) is 5.14 Å². The molecule has 0 aliphatic carbocycles. The van der Waals surface area contributed by atoms with Crippen LogP contribution in [-0.2, 0) is 16.6 Å². The van der Waals surface area contributed by atoms with Gasteiger partial charge in [-0.2, -0.15) is 0 Å². The standard InChI is InChI=1S/C14H20N4O2S2/c1-9-10(2)21-14(17-9)8-16-12-7-11(22(15,19)20)5-6-13(12)18(3)4/h5-7,16H,8H2,1-4H3,(H2,15,19,20). The van der Waals surface area contributed by atoms with Crippen molar-refractivity contribution in [1.82, 2.24) is 4.98 Å². The molecule has 2 aromatic rings. The Morgan fingerprint density at radius 2 is 2.00 bits per heavy atom. The number of benzene rings is 1. The highest BCUT2D eigenvalue weighted by atomic mass is 32.2. The summed E-state index contributed by atoms with van der Waals surface area (Å²) < 4.78 is 23.0. The van der Waals surface area contributed by atoms with Crippen molar-refractivity contribution in [3.8, 4) is 0 Å². The van der Waals surface area contributed by atoms with Crippen molar-refractivity contribution < 1.29 is 8.42 Å². The van der Waals surface area contributed by atoms with Crippen LogP contribution in [0.3, 0.4) is 0 Å². The fourth-order valence-corrected chi connectivity index (χ4v) is 3.42.